The third-order valence-electron chi connectivity index (χ3n) is 5.82. The number of halogens is 6. The fraction of sp³-hybridized carbons (Fsp3) is 0.231. The zero-order valence-corrected chi connectivity index (χ0v) is 21.4. The number of nitrogens with zero attached hydrogens (tertiary/aromatic N) is 2. The highest BCUT2D eigenvalue weighted by molar-refractivity contribution is 6.00. The van der Waals surface area contributed by atoms with Crippen molar-refractivity contribution in [1.82, 2.24) is 10.3 Å². The first kappa shape index (κ1) is 30.7. The molecule has 0 atom stereocenters. The quantitative estimate of drug-likeness (QED) is 0.293. The second-order valence-electron chi connectivity index (χ2n) is 8.59. The molecule has 4 N–H and O–H groups in total. The molecule has 3 aromatic rings. The van der Waals surface area contributed by atoms with E-state index in [1.165, 1.54) is 25.2 Å². The first-order valence-corrected chi connectivity index (χ1v) is 11.7. The van der Waals surface area contributed by atoms with Gasteiger partial charge in [0.2, 0.25) is 5.91 Å². The molecule has 0 aliphatic carbocycles. The number of fused-ring (bicyclic) bond motifs is 1. The molecule has 0 fully saturated rings. The monoisotopic (exact) mass is 583 g/mol. The van der Waals surface area contributed by atoms with Gasteiger partial charge in [0.1, 0.15) is 5.82 Å². The fourth-order valence-corrected chi connectivity index (χ4v) is 3.81. The number of nitrogens with one attached hydrogen (secondary N) is 3. The number of carbonyl (C=O) groups is 3. The van der Waals surface area contributed by atoms with Crippen molar-refractivity contribution in [2.45, 2.75) is 25.2 Å². The largest absolute Gasteiger partial charge is 0.490 e. The summed E-state index contributed by atoms with van der Waals surface area (Å²) in [6.07, 6.45) is -8.02. The van der Waals surface area contributed by atoms with Crippen molar-refractivity contribution in [1.29, 1.82) is 0 Å². The number of carboxylic acids is 1. The number of carbonyl (C=O) groups excluding carboxylic acids is 2. The standard InChI is InChI=1S/C24H22F3N5O2.C2HF3O2/c1-28-23(34)16-5-3-4-6-18(16)31-19-12-21(29-13-17(19)24(25,26)27)30-15-8-9-20-14(11-15)7-10-22(33)32(20)2;3-2(4,5)1(6)7/h3-6,8-9,11-13H,7,10H2,1-2H3,(H,28,34)(H2,29,30,31);(H,6,7). The van der Waals surface area contributed by atoms with Crippen molar-refractivity contribution >= 4 is 46.4 Å². The van der Waals surface area contributed by atoms with Crippen LogP contribution in [0.5, 0.6) is 0 Å². The molecule has 2 aromatic carbocycles. The van der Waals surface area contributed by atoms with E-state index in [1.807, 2.05) is 6.07 Å². The van der Waals surface area contributed by atoms with Gasteiger partial charge in [-0.1, -0.05) is 12.1 Å². The number of amides is 2. The van der Waals surface area contributed by atoms with Gasteiger partial charge in [0.15, 0.2) is 0 Å². The maximum Gasteiger partial charge on any atom is 0.490 e. The van der Waals surface area contributed by atoms with Gasteiger partial charge in [-0.05, 0) is 42.3 Å². The Hall–Kier alpha value is -4.82. The molecule has 41 heavy (non-hydrogen) atoms. The van der Waals surface area contributed by atoms with Gasteiger partial charge in [0, 0.05) is 44.2 Å². The van der Waals surface area contributed by atoms with Crippen LogP contribution in [-0.4, -0.2) is 48.1 Å². The minimum absolute atomic E-state index is 0.0327. The molecule has 2 heterocycles. The molecule has 0 radical (unpaired) electrons. The molecule has 1 aliphatic heterocycles. The van der Waals surface area contributed by atoms with Crippen LogP contribution in [0.15, 0.2) is 54.7 Å². The van der Waals surface area contributed by atoms with Gasteiger partial charge >= 0.3 is 18.3 Å². The summed E-state index contributed by atoms with van der Waals surface area (Å²) in [4.78, 5) is 38.5. The fourth-order valence-electron chi connectivity index (χ4n) is 3.81. The third-order valence-corrected chi connectivity index (χ3v) is 5.82. The summed E-state index contributed by atoms with van der Waals surface area (Å²) in [5.74, 6) is -2.97. The summed E-state index contributed by atoms with van der Waals surface area (Å²) in [5, 5.41) is 15.4. The van der Waals surface area contributed by atoms with Crippen molar-refractivity contribution in [3.05, 3.63) is 71.4 Å². The van der Waals surface area contributed by atoms with Crippen LogP contribution in [-0.2, 0) is 22.2 Å². The number of carboxylic acid groups (broad SMARTS) is 1. The number of aliphatic carboxylic acids is 1. The maximum absolute atomic E-state index is 13.7. The molecule has 0 spiro atoms. The first-order chi connectivity index (χ1) is 19.1. The Morgan fingerprint density at radius 3 is 2.22 bits per heavy atom. The van der Waals surface area contributed by atoms with Crippen molar-refractivity contribution in [3.8, 4) is 0 Å². The van der Waals surface area contributed by atoms with Crippen LogP contribution in [0.1, 0.15) is 27.9 Å². The molecule has 0 saturated heterocycles. The number of hydrogen-bond donors (Lipinski definition) is 4. The summed E-state index contributed by atoms with van der Waals surface area (Å²) in [6.45, 7) is 0. The van der Waals surface area contributed by atoms with Crippen LogP contribution < -0.4 is 20.9 Å². The molecule has 2 amide bonds. The zero-order chi connectivity index (χ0) is 30.5. The van der Waals surface area contributed by atoms with Gasteiger partial charge in [-0.2, -0.15) is 26.3 Å². The van der Waals surface area contributed by atoms with E-state index in [9.17, 15) is 35.9 Å². The molecule has 9 nitrogen and oxygen atoms in total. The molecule has 1 aromatic heterocycles. The number of anilines is 5. The number of aromatic nitrogens is 1. The van der Waals surface area contributed by atoms with E-state index in [-0.39, 0.29) is 28.7 Å². The third kappa shape index (κ3) is 7.64. The molecular formula is C26H23F6N5O4. The van der Waals surface area contributed by atoms with Crippen LogP contribution in [0.4, 0.5) is 54.9 Å². The molecule has 0 unspecified atom stereocenters. The number of rotatable bonds is 5. The van der Waals surface area contributed by atoms with Crippen molar-refractivity contribution in [3.63, 3.8) is 0 Å². The Labute approximate surface area is 229 Å². The van der Waals surface area contributed by atoms with E-state index in [0.29, 0.717) is 18.5 Å². The Kier molecular flexibility index (Phi) is 9.10. The van der Waals surface area contributed by atoms with E-state index in [0.717, 1.165) is 17.4 Å². The predicted octanol–water partition coefficient (Wildman–Crippen LogP) is 5.49. The van der Waals surface area contributed by atoms with Crippen LogP contribution >= 0.6 is 0 Å². The highest BCUT2D eigenvalue weighted by atomic mass is 19.4. The Morgan fingerprint density at radius 1 is 0.951 bits per heavy atom. The molecule has 15 heteroatoms. The van der Waals surface area contributed by atoms with E-state index < -0.39 is 29.8 Å². The highest BCUT2D eigenvalue weighted by Gasteiger charge is 2.38. The van der Waals surface area contributed by atoms with E-state index in [4.69, 9.17) is 9.90 Å². The summed E-state index contributed by atoms with van der Waals surface area (Å²) in [6, 6.07) is 12.9. The van der Waals surface area contributed by atoms with Crippen molar-refractivity contribution in [2.75, 3.05) is 29.6 Å². The van der Waals surface area contributed by atoms with Crippen molar-refractivity contribution in [2.24, 2.45) is 0 Å². The second kappa shape index (κ2) is 12.1. The number of alkyl halides is 6. The average Bonchev–Trinajstić information content (AvgIpc) is 2.90. The lowest BCUT2D eigenvalue weighted by Gasteiger charge is -2.26. The molecule has 0 saturated carbocycles. The number of para-hydroxylation sites is 1. The number of benzene rings is 2. The molecule has 1 aliphatic rings. The van der Waals surface area contributed by atoms with Crippen LogP contribution in [0.3, 0.4) is 0 Å². The van der Waals surface area contributed by atoms with Crippen LogP contribution in [0.25, 0.3) is 0 Å². The Balaban J connectivity index is 0.000000587. The number of pyridine rings is 1. The lowest BCUT2D eigenvalue weighted by atomic mass is 10.0. The smallest absolute Gasteiger partial charge is 0.475 e. The highest BCUT2D eigenvalue weighted by Crippen LogP contribution is 2.38. The van der Waals surface area contributed by atoms with Gasteiger partial charge in [-0.15, -0.1) is 0 Å². The summed E-state index contributed by atoms with van der Waals surface area (Å²) in [7, 11) is 3.15. The second-order valence-corrected chi connectivity index (χ2v) is 8.59. The van der Waals surface area contributed by atoms with Crippen LogP contribution in [0, 0.1) is 0 Å². The van der Waals surface area contributed by atoms with E-state index in [1.54, 1.807) is 36.2 Å². The zero-order valence-electron chi connectivity index (χ0n) is 21.4. The average molecular weight is 583 g/mol. The first-order valence-electron chi connectivity index (χ1n) is 11.7. The van der Waals surface area contributed by atoms with Gasteiger partial charge in [0.05, 0.1) is 22.5 Å². The topological polar surface area (TPSA) is 124 Å². The number of hydrogen-bond acceptors (Lipinski definition) is 6. The molecular weight excluding hydrogens is 560 g/mol. The normalized spacial score (nSPS) is 13.0. The van der Waals surface area contributed by atoms with Gasteiger partial charge in [-0.25, -0.2) is 9.78 Å². The van der Waals surface area contributed by atoms with E-state index in [2.05, 4.69) is 20.9 Å². The van der Waals surface area contributed by atoms with Crippen LogP contribution in [0.2, 0.25) is 0 Å². The van der Waals surface area contributed by atoms with Crippen molar-refractivity contribution < 1.29 is 45.8 Å². The van der Waals surface area contributed by atoms with Gasteiger partial charge in [-0.3, -0.25) is 9.59 Å². The molecule has 218 valence electrons. The summed E-state index contributed by atoms with van der Waals surface area (Å²) in [5.41, 5.74) is 1.61. The lowest BCUT2D eigenvalue weighted by Crippen LogP contribution is -2.31. The Bertz CT molecular complexity index is 1460. The predicted molar refractivity (Wildman–Crippen MR) is 138 cm³/mol. The molecule has 4 rings (SSSR count). The van der Waals surface area contributed by atoms with E-state index >= 15 is 0 Å². The maximum atomic E-state index is 13.7. The summed E-state index contributed by atoms with van der Waals surface area (Å²) >= 11 is 0. The SMILES string of the molecule is CNC(=O)c1ccccc1Nc1cc(Nc2ccc3c(c2)CCC(=O)N3C)ncc1C(F)(F)F.O=C(O)C(F)(F)F. The lowest BCUT2D eigenvalue weighted by molar-refractivity contribution is -0.192. The minimum atomic E-state index is -5.08. The Morgan fingerprint density at radius 2 is 1.61 bits per heavy atom. The minimum Gasteiger partial charge on any atom is -0.475 e. The summed E-state index contributed by atoms with van der Waals surface area (Å²) < 4.78 is 72.8. The van der Waals surface area contributed by atoms with Gasteiger partial charge < -0.3 is 26.0 Å². The molecule has 0 bridgehead atoms. The number of aryl methyl sites for hydroxylation is 1. The van der Waals surface area contributed by atoms with Gasteiger partial charge in [0.25, 0.3) is 5.91 Å².